The Morgan fingerprint density at radius 2 is 1.87 bits per heavy atom. The Bertz CT molecular complexity index is 2460. The molecule has 3 aliphatic rings. The highest BCUT2D eigenvalue weighted by atomic mass is 33.1. The maximum Gasteiger partial charge on any atom is 0.335 e. The van der Waals surface area contributed by atoms with Gasteiger partial charge in [0.25, 0.3) is 0 Å². The number of aromatic nitrogens is 1. The summed E-state index contributed by atoms with van der Waals surface area (Å²) in [6, 6.07) is 20.8. The number of benzene rings is 3. The first-order valence-corrected chi connectivity index (χ1v) is 22.6. The number of aromatic hydroxyl groups is 1. The molecule has 3 aromatic carbocycles. The molecule has 7 N–H and O–H groups in total. The van der Waals surface area contributed by atoms with E-state index in [1.807, 2.05) is 24.5 Å². The molecule has 2 fully saturated rings. The highest BCUT2D eigenvalue weighted by Gasteiger charge is 2.63. The molecule has 0 amide bonds. The molecule has 1 aliphatic carbocycles. The first-order valence-electron chi connectivity index (χ1n) is 20.1. The normalized spacial score (nSPS) is 29.5. The van der Waals surface area contributed by atoms with Crippen molar-refractivity contribution in [2.24, 2.45) is 11.8 Å². The first-order chi connectivity index (χ1) is 29.4. The molecule has 2 saturated heterocycles. The van der Waals surface area contributed by atoms with Gasteiger partial charge in [0, 0.05) is 30.8 Å². The average molecular weight is 869 g/mol. The van der Waals surface area contributed by atoms with Gasteiger partial charge in [0.15, 0.2) is 17.1 Å². The number of carboxylic acid groups (broad SMARTS) is 1. The van der Waals surface area contributed by atoms with Gasteiger partial charge in [0.2, 0.25) is 6.29 Å². The van der Waals surface area contributed by atoms with Gasteiger partial charge in [-0.3, -0.25) is 10.1 Å². The number of fused-ring (bicyclic) bond motifs is 3. The van der Waals surface area contributed by atoms with Crippen LogP contribution in [0.3, 0.4) is 0 Å². The Balaban J connectivity index is 1.10. The second-order valence-corrected chi connectivity index (χ2v) is 18.3. The van der Waals surface area contributed by atoms with Crippen LogP contribution >= 0.6 is 21.6 Å². The number of hydrogen-bond donors (Lipinski definition) is 7. The largest absolute Gasteiger partial charge is 0.508 e. The summed E-state index contributed by atoms with van der Waals surface area (Å²) in [6.07, 6.45) is 3.18. The lowest BCUT2D eigenvalue weighted by Gasteiger charge is -2.50. The minimum Gasteiger partial charge on any atom is -0.508 e. The van der Waals surface area contributed by atoms with Crippen molar-refractivity contribution in [1.29, 1.82) is 0 Å². The Labute approximate surface area is 359 Å². The van der Waals surface area contributed by atoms with Crippen LogP contribution in [0.5, 0.6) is 11.5 Å². The van der Waals surface area contributed by atoms with Crippen LogP contribution in [0.25, 0.3) is 27.7 Å². The van der Waals surface area contributed by atoms with Crippen LogP contribution in [0.2, 0.25) is 0 Å². The zero-order valence-corrected chi connectivity index (χ0v) is 35.1. The second kappa shape index (κ2) is 18.2. The lowest BCUT2D eigenvalue weighted by Crippen LogP contribution is -2.75. The van der Waals surface area contributed by atoms with E-state index < -0.39 is 42.4 Å². The predicted molar refractivity (Wildman–Crippen MR) is 234 cm³/mol. The molecule has 13 nitrogen and oxygen atoms in total. The van der Waals surface area contributed by atoms with Crippen LogP contribution in [0.15, 0.2) is 119 Å². The van der Waals surface area contributed by atoms with Gasteiger partial charge in [0.1, 0.15) is 47.7 Å². The van der Waals surface area contributed by atoms with E-state index in [-0.39, 0.29) is 63.7 Å². The fourth-order valence-corrected chi connectivity index (χ4v) is 10.6. The van der Waals surface area contributed by atoms with Gasteiger partial charge in [-0.15, -0.1) is 0 Å². The molecule has 320 valence electrons. The number of aliphatic carboxylic acids is 1. The highest BCUT2D eigenvalue weighted by molar-refractivity contribution is 8.76. The number of H-pyrrole nitrogens is 1. The first kappa shape index (κ1) is 42.8. The van der Waals surface area contributed by atoms with Gasteiger partial charge in [-0.2, -0.15) is 0 Å². The molecule has 0 bridgehead atoms. The number of phenolic OH excluding ortho intramolecular Hbond substituents is 1. The van der Waals surface area contributed by atoms with E-state index in [0.717, 1.165) is 11.1 Å². The number of hydrogen-bond acceptors (Lipinski definition) is 13. The number of rotatable bonds is 8. The van der Waals surface area contributed by atoms with Crippen LogP contribution in [0.1, 0.15) is 48.8 Å². The van der Waals surface area contributed by atoms with Crippen molar-refractivity contribution in [3.63, 3.8) is 0 Å². The number of nitrogens with one attached hydrogen (secondary N) is 2. The van der Waals surface area contributed by atoms with E-state index in [0.29, 0.717) is 23.7 Å². The van der Waals surface area contributed by atoms with Gasteiger partial charge in [-0.1, -0.05) is 90.1 Å². The summed E-state index contributed by atoms with van der Waals surface area (Å²) in [6.45, 7) is 4.55. The number of carbonyl (C=O) groups is 1. The maximum atomic E-state index is 13.5. The van der Waals surface area contributed by atoms with Crippen LogP contribution in [0.4, 0.5) is 0 Å². The molecular formula is C46H48N2O11S2. The van der Waals surface area contributed by atoms with Crippen LogP contribution in [-0.2, 0) is 14.3 Å². The van der Waals surface area contributed by atoms with E-state index in [4.69, 9.17) is 18.6 Å². The van der Waals surface area contributed by atoms with Gasteiger partial charge < -0.3 is 49.1 Å². The van der Waals surface area contributed by atoms with Gasteiger partial charge in [-0.25, -0.2) is 4.79 Å². The lowest BCUT2D eigenvalue weighted by atomic mass is 9.77. The number of phenols is 1. The SMILES string of the molecule is CC1C=CC(=CCC(C)C2CNC(O)C3(O)C(Oc4ccc5c(=O)c(-c6ccc(O)cc6)coc5c4)OC(C(=O)O)C(O)C3OCSSCC2c2cc[nH]c2)c2ccccc21. The molecule has 10 unspecified atom stereocenters. The molecule has 5 aromatic rings. The molecule has 61 heavy (non-hydrogen) atoms. The Kier molecular flexibility index (Phi) is 12.8. The van der Waals surface area contributed by atoms with Gasteiger partial charge in [-0.05, 0) is 88.3 Å². The quantitative estimate of drug-likeness (QED) is 0.0822. The molecule has 8 rings (SSSR count). The summed E-state index contributed by atoms with van der Waals surface area (Å²) in [5.74, 6) is -0.628. The monoisotopic (exact) mass is 868 g/mol. The van der Waals surface area contributed by atoms with Gasteiger partial charge in [0.05, 0.1) is 10.9 Å². The molecule has 15 heteroatoms. The Morgan fingerprint density at radius 3 is 2.64 bits per heavy atom. The third-order valence-corrected chi connectivity index (χ3v) is 14.2. The van der Waals surface area contributed by atoms with Crippen LogP contribution in [-0.4, -0.2) is 91.2 Å². The van der Waals surface area contributed by atoms with Crippen molar-refractivity contribution in [3.8, 4) is 22.6 Å². The molecule has 0 spiro atoms. The number of aliphatic hydroxyl groups is 3. The summed E-state index contributed by atoms with van der Waals surface area (Å²) in [7, 11) is 2.90. The number of ether oxygens (including phenoxy) is 3. The Morgan fingerprint density at radius 1 is 1.07 bits per heavy atom. The van der Waals surface area contributed by atoms with Crippen molar-refractivity contribution in [3.05, 3.63) is 137 Å². The van der Waals surface area contributed by atoms with Gasteiger partial charge >= 0.3 is 5.97 Å². The third kappa shape index (κ3) is 8.66. The highest BCUT2D eigenvalue weighted by Crippen LogP contribution is 2.42. The number of aliphatic hydroxyl groups excluding tert-OH is 2. The summed E-state index contributed by atoms with van der Waals surface area (Å²) in [4.78, 5) is 29.2. The molecular weight excluding hydrogens is 821 g/mol. The minimum atomic E-state index is -2.58. The number of carboxylic acids is 1. The molecule has 2 aromatic heterocycles. The van der Waals surface area contributed by atoms with Crippen molar-refractivity contribution < 1.29 is 49.0 Å². The van der Waals surface area contributed by atoms with Crippen molar-refractivity contribution in [2.45, 2.75) is 68.5 Å². The molecule has 4 heterocycles. The zero-order chi connectivity index (χ0) is 42.8. The lowest BCUT2D eigenvalue weighted by molar-refractivity contribution is -0.342. The van der Waals surface area contributed by atoms with Crippen molar-refractivity contribution in [1.82, 2.24) is 10.3 Å². The molecule has 0 radical (unpaired) electrons. The molecule has 0 saturated carbocycles. The van der Waals surface area contributed by atoms with E-state index in [1.54, 1.807) is 22.9 Å². The van der Waals surface area contributed by atoms with E-state index >= 15 is 0 Å². The Hall–Kier alpha value is -4.84. The van der Waals surface area contributed by atoms with E-state index in [9.17, 15) is 35.1 Å². The maximum absolute atomic E-state index is 13.5. The standard InChI is InChI=1S/C46H48N2O11S2/c1-25-7-9-27(33-6-4-3-5-32(25)33)10-8-26(2)35-21-48-44(54)46(55)42(57-24-61-60-23-37(35)29-17-18-47-20-29)40(51)41(43(52)53)59-45(46)58-31-15-16-34-38(19-31)56-22-36(39(34)50)28-11-13-30(49)14-12-28/h3-7,9-20,22,25-26,35,37,40-42,44-45,47-49,51,54-55H,8,21,23-24H2,1-2H3,(H,52,53). The summed E-state index contributed by atoms with van der Waals surface area (Å²) in [5, 5.41) is 59.4. The molecule has 2 aliphatic heterocycles. The smallest absolute Gasteiger partial charge is 0.335 e. The fourth-order valence-electron chi connectivity index (χ4n) is 8.58. The van der Waals surface area contributed by atoms with Crippen LogP contribution in [0, 0.1) is 11.8 Å². The summed E-state index contributed by atoms with van der Waals surface area (Å²) >= 11 is 0. The molecule has 10 atom stereocenters. The van der Waals surface area contributed by atoms with E-state index in [1.165, 1.54) is 58.5 Å². The second-order valence-electron chi connectivity index (χ2n) is 15.8. The average Bonchev–Trinajstić information content (AvgIpc) is 3.79. The van der Waals surface area contributed by atoms with Crippen molar-refractivity contribution in [2.75, 3.05) is 18.2 Å². The fraction of sp³-hybridized carbons (Fsp3) is 0.348. The summed E-state index contributed by atoms with van der Waals surface area (Å²) < 4.78 is 23.9. The number of allylic oxidation sites excluding steroid dienone is 4. The summed E-state index contributed by atoms with van der Waals surface area (Å²) in [5.41, 5.74) is 2.68. The number of aromatic amines is 1. The zero-order valence-electron chi connectivity index (χ0n) is 33.4. The minimum absolute atomic E-state index is 0.00521. The van der Waals surface area contributed by atoms with Crippen LogP contribution < -0.4 is 15.5 Å². The third-order valence-electron chi connectivity index (χ3n) is 12.1. The van der Waals surface area contributed by atoms with Crippen molar-refractivity contribution >= 4 is 44.1 Å². The topological polar surface area (TPSA) is 204 Å². The van der Waals surface area contributed by atoms with E-state index in [2.05, 4.69) is 60.6 Å². The predicted octanol–water partition coefficient (Wildman–Crippen LogP) is 6.60.